The predicted octanol–water partition coefficient (Wildman–Crippen LogP) is 1.47. The maximum Gasteiger partial charge on any atom is 0.271 e. The zero-order valence-electron chi connectivity index (χ0n) is 9.09. The van der Waals surface area contributed by atoms with Crippen LogP contribution in [-0.4, -0.2) is 29.2 Å². The van der Waals surface area contributed by atoms with Crippen LogP contribution in [0.3, 0.4) is 0 Å². The van der Waals surface area contributed by atoms with E-state index in [4.69, 9.17) is 0 Å². The topological polar surface area (TPSA) is 66.6 Å². The van der Waals surface area contributed by atoms with Gasteiger partial charge in [0.2, 0.25) is 0 Å². The van der Waals surface area contributed by atoms with Gasteiger partial charge in [-0.25, -0.2) is 0 Å². The van der Waals surface area contributed by atoms with E-state index in [0.29, 0.717) is 6.54 Å². The first-order valence-corrected chi connectivity index (χ1v) is 5.25. The number of hydrogen-bond acceptors (Lipinski definition) is 4. The van der Waals surface area contributed by atoms with Crippen LogP contribution in [-0.2, 0) is 0 Å². The summed E-state index contributed by atoms with van der Waals surface area (Å²) in [5.74, 6) is 0. The fourth-order valence-electron chi connectivity index (χ4n) is 2.01. The van der Waals surface area contributed by atoms with Crippen LogP contribution in [0, 0.1) is 17.0 Å². The van der Waals surface area contributed by atoms with Crippen molar-refractivity contribution < 1.29 is 10.0 Å². The average molecular weight is 222 g/mol. The number of aryl methyl sites for hydroxylation is 1. The van der Waals surface area contributed by atoms with Gasteiger partial charge >= 0.3 is 0 Å². The molecule has 1 unspecified atom stereocenters. The number of benzene rings is 1. The molecule has 2 rings (SSSR count). The summed E-state index contributed by atoms with van der Waals surface area (Å²) < 4.78 is 0. The molecular weight excluding hydrogens is 208 g/mol. The number of aliphatic hydroxyl groups is 1. The highest BCUT2D eigenvalue weighted by Crippen LogP contribution is 2.26. The van der Waals surface area contributed by atoms with E-state index in [9.17, 15) is 15.2 Å². The molecule has 1 N–H and O–H groups in total. The van der Waals surface area contributed by atoms with Crippen molar-refractivity contribution in [2.45, 2.75) is 19.4 Å². The summed E-state index contributed by atoms with van der Waals surface area (Å²) in [6.07, 6.45) is 0.404. The van der Waals surface area contributed by atoms with E-state index in [1.54, 1.807) is 12.1 Å². The molecule has 0 bridgehead atoms. The number of hydrogen-bond donors (Lipinski definition) is 1. The van der Waals surface area contributed by atoms with E-state index < -0.39 is 0 Å². The Morgan fingerprint density at radius 3 is 2.81 bits per heavy atom. The van der Waals surface area contributed by atoms with Crippen LogP contribution in [0.5, 0.6) is 0 Å². The summed E-state index contributed by atoms with van der Waals surface area (Å²) >= 11 is 0. The van der Waals surface area contributed by atoms with Crippen molar-refractivity contribution in [3.63, 3.8) is 0 Å². The first-order chi connectivity index (χ1) is 7.56. The first kappa shape index (κ1) is 10.9. The highest BCUT2D eigenvalue weighted by molar-refractivity contribution is 5.56. The molecule has 1 heterocycles. The Hall–Kier alpha value is -1.62. The third-order valence-electron chi connectivity index (χ3n) is 2.79. The molecule has 0 spiro atoms. The van der Waals surface area contributed by atoms with Crippen molar-refractivity contribution >= 4 is 11.4 Å². The molecule has 0 saturated carbocycles. The fourth-order valence-corrected chi connectivity index (χ4v) is 2.01. The van der Waals surface area contributed by atoms with Gasteiger partial charge in [-0.15, -0.1) is 0 Å². The van der Waals surface area contributed by atoms with E-state index in [1.165, 1.54) is 0 Å². The minimum absolute atomic E-state index is 0.108. The number of rotatable bonds is 2. The predicted molar refractivity (Wildman–Crippen MR) is 60.7 cm³/mol. The van der Waals surface area contributed by atoms with Crippen LogP contribution in [0.25, 0.3) is 0 Å². The van der Waals surface area contributed by atoms with Crippen molar-refractivity contribution in [1.82, 2.24) is 0 Å². The second-order valence-electron chi connectivity index (χ2n) is 4.17. The molecule has 5 nitrogen and oxygen atoms in total. The molecule has 1 fully saturated rings. The van der Waals surface area contributed by atoms with E-state index in [-0.39, 0.29) is 16.7 Å². The SMILES string of the molecule is Cc1cc(N2CCC(O)C2)cc([N+](=O)[O-])c1. The highest BCUT2D eigenvalue weighted by Gasteiger charge is 2.22. The quantitative estimate of drug-likeness (QED) is 0.608. The minimum Gasteiger partial charge on any atom is -0.391 e. The van der Waals surface area contributed by atoms with Crippen LogP contribution in [0.4, 0.5) is 11.4 Å². The largest absolute Gasteiger partial charge is 0.391 e. The van der Waals surface area contributed by atoms with Crippen molar-refractivity contribution in [2.24, 2.45) is 0 Å². The van der Waals surface area contributed by atoms with E-state index >= 15 is 0 Å². The van der Waals surface area contributed by atoms with Gasteiger partial charge in [0.15, 0.2) is 0 Å². The monoisotopic (exact) mass is 222 g/mol. The number of non-ortho nitro benzene ring substituents is 1. The van der Waals surface area contributed by atoms with Crippen molar-refractivity contribution in [3.8, 4) is 0 Å². The van der Waals surface area contributed by atoms with Gasteiger partial charge in [0.1, 0.15) is 0 Å². The summed E-state index contributed by atoms with van der Waals surface area (Å²) in [4.78, 5) is 12.3. The van der Waals surface area contributed by atoms with Gasteiger partial charge in [0.05, 0.1) is 11.0 Å². The summed E-state index contributed by atoms with van der Waals surface area (Å²) in [5, 5.41) is 20.2. The van der Waals surface area contributed by atoms with E-state index in [1.807, 2.05) is 17.9 Å². The zero-order chi connectivity index (χ0) is 11.7. The van der Waals surface area contributed by atoms with Gasteiger partial charge in [-0.05, 0) is 25.0 Å². The Morgan fingerprint density at radius 2 is 2.25 bits per heavy atom. The summed E-state index contributed by atoms with van der Waals surface area (Å²) in [6, 6.07) is 5.02. The van der Waals surface area contributed by atoms with Crippen molar-refractivity contribution in [3.05, 3.63) is 33.9 Å². The van der Waals surface area contributed by atoms with Crippen LogP contribution in [0.1, 0.15) is 12.0 Å². The first-order valence-electron chi connectivity index (χ1n) is 5.25. The Labute approximate surface area is 93.5 Å². The third kappa shape index (κ3) is 2.14. The summed E-state index contributed by atoms with van der Waals surface area (Å²) in [7, 11) is 0. The normalized spacial score (nSPS) is 20.1. The zero-order valence-corrected chi connectivity index (χ0v) is 9.09. The number of nitrogens with zero attached hydrogens (tertiary/aromatic N) is 2. The summed E-state index contributed by atoms with van der Waals surface area (Å²) in [6.45, 7) is 3.14. The maximum atomic E-state index is 10.7. The minimum atomic E-state index is -0.386. The Bertz CT molecular complexity index is 420. The molecule has 1 aliphatic rings. The molecule has 1 aliphatic heterocycles. The molecule has 1 aromatic rings. The van der Waals surface area contributed by atoms with Crippen molar-refractivity contribution in [1.29, 1.82) is 0 Å². The van der Waals surface area contributed by atoms with Gasteiger partial charge in [0.25, 0.3) is 5.69 Å². The molecule has 1 saturated heterocycles. The molecule has 16 heavy (non-hydrogen) atoms. The fraction of sp³-hybridized carbons (Fsp3) is 0.455. The van der Waals surface area contributed by atoms with Crippen LogP contribution in [0.15, 0.2) is 18.2 Å². The number of β-amino-alcohol motifs (C(OH)–C–C–N with tert-alkyl or cyclic N) is 1. The molecule has 0 amide bonds. The van der Waals surface area contributed by atoms with Crippen LogP contribution in [0.2, 0.25) is 0 Å². The number of nitro benzene ring substituents is 1. The van der Waals surface area contributed by atoms with Crippen LogP contribution >= 0.6 is 0 Å². The lowest BCUT2D eigenvalue weighted by molar-refractivity contribution is -0.384. The Morgan fingerprint density at radius 1 is 1.50 bits per heavy atom. The molecule has 0 aromatic heterocycles. The second kappa shape index (κ2) is 4.09. The standard InChI is InChI=1S/C11H14N2O3/c1-8-4-9(6-10(5-8)13(15)16)12-3-2-11(14)7-12/h4-6,11,14H,2-3,7H2,1H3. The maximum absolute atomic E-state index is 10.7. The van der Waals surface area contributed by atoms with Gasteiger partial charge in [0, 0.05) is 30.9 Å². The van der Waals surface area contributed by atoms with Gasteiger partial charge in [-0.3, -0.25) is 10.1 Å². The molecule has 1 atom stereocenters. The lowest BCUT2D eigenvalue weighted by atomic mass is 10.2. The smallest absolute Gasteiger partial charge is 0.271 e. The third-order valence-corrected chi connectivity index (χ3v) is 2.79. The molecule has 0 radical (unpaired) electrons. The molecule has 0 aliphatic carbocycles. The second-order valence-corrected chi connectivity index (χ2v) is 4.17. The lowest BCUT2D eigenvalue weighted by Gasteiger charge is -2.17. The lowest BCUT2D eigenvalue weighted by Crippen LogP contribution is -2.21. The van der Waals surface area contributed by atoms with E-state index in [2.05, 4.69) is 0 Å². The van der Waals surface area contributed by atoms with Crippen molar-refractivity contribution in [2.75, 3.05) is 18.0 Å². The number of aliphatic hydroxyl groups excluding tert-OH is 1. The molecule has 86 valence electrons. The van der Waals surface area contributed by atoms with E-state index in [0.717, 1.165) is 24.2 Å². The average Bonchev–Trinajstić information content (AvgIpc) is 2.64. The Balaban J connectivity index is 2.30. The molecule has 5 heteroatoms. The van der Waals surface area contributed by atoms with Gasteiger partial charge in [-0.2, -0.15) is 0 Å². The van der Waals surface area contributed by atoms with Gasteiger partial charge < -0.3 is 10.0 Å². The molecular formula is C11H14N2O3. The number of nitro groups is 1. The van der Waals surface area contributed by atoms with Gasteiger partial charge in [-0.1, -0.05) is 0 Å². The summed E-state index contributed by atoms with van der Waals surface area (Å²) in [5.41, 5.74) is 1.80. The Kier molecular flexibility index (Phi) is 2.78. The van der Waals surface area contributed by atoms with Crippen LogP contribution < -0.4 is 4.90 Å². The highest BCUT2D eigenvalue weighted by atomic mass is 16.6. The molecule has 1 aromatic carbocycles. The number of anilines is 1.